The first kappa shape index (κ1) is 10.4. The number of Topliss-reactive ketones (excluding diaryl/α,β-unsaturated/α-hetero) is 1. The van der Waals surface area contributed by atoms with Crippen LogP contribution >= 0.6 is 15.9 Å². The molecule has 5 heteroatoms. The lowest BCUT2D eigenvalue weighted by molar-refractivity contribution is 0.0826. The lowest BCUT2D eigenvalue weighted by atomic mass is 9.91. The zero-order chi connectivity index (χ0) is 10.1. The van der Waals surface area contributed by atoms with Gasteiger partial charge in [0.25, 0.3) is 0 Å². The average molecular weight is 243 g/mol. The first-order valence-electron chi connectivity index (χ1n) is 3.42. The molecule has 0 aliphatic rings. The number of rotatable bonds is 2. The van der Waals surface area contributed by atoms with Gasteiger partial charge in [-0.25, -0.2) is 4.39 Å². The molecule has 1 rings (SSSR count). The lowest BCUT2D eigenvalue weighted by Crippen LogP contribution is -2.31. The molecule has 0 amide bonds. The van der Waals surface area contributed by atoms with Gasteiger partial charge in [-0.3, -0.25) is 4.79 Å². The zero-order valence-corrected chi connectivity index (χ0v) is 8.08. The Morgan fingerprint density at radius 1 is 1.46 bits per heavy atom. The van der Waals surface area contributed by atoms with Crippen molar-refractivity contribution in [1.82, 2.24) is 0 Å². The SMILES string of the molecule is [B]C(O)(Br)C(=O)c1ccc(F)cc1. The molecule has 2 nitrogen and oxygen atoms in total. The van der Waals surface area contributed by atoms with Crippen LogP contribution in [0.2, 0.25) is 0 Å². The van der Waals surface area contributed by atoms with Gasteiger partial charge in [-0.2, -0.15) is 0 Å². The predicted octanol–water partition coefficient (Wildman–Crippen LogP) is 1.22. The molecule has 66 valence electrons. The van der Waals surface area contributed by atoms with Gasteiger partial charge >= 0.3 is 0 Å². The molecule has 1 unspecified atom stereocenters. The van der Waals surface area contributed by atoms with Crippen molar-refractivity contribution in [2.24, 2.45) is 0 Å². The summed E-state index contributed by atoms with van der Waals surface area (Å²) in [5, 5.41) is 9.06. The summed E-state index contributed by atoms with van der Waals surface area (Å²) >= 11 is 2.59. The van der Waals surface area contributed by atoms with Crippen molar-refractivity contribution in [3.63, 3.8) is 0 Å². The van der Waals surface area contributed by atoms with Crippen LogP contribution in [0.25, 0.3) is 0 Å². The summed E-state index contributed by atoms with van der Waals surface area (Å²) in [7, 11) is 5.08. The number of hydrogen-bond acceptors (Lipinski definition) is 2. The van der Waals surface area contributed by atoms with E-state index in [2.05, 4.69) is 15.9 Å². The van der Waals surface area contributed by atoms with Crippen LogP contribution in [0.4, 0.5) is 4.39 Å². The molecule has 1 aromatic carbocycles. The van der Waals surface area contributed by atoms with E-state index < -0.39 is 16.0 Å². The van der Waals surface area contributed by atoms with Crippen LogP contribution in [0.3, 0.4) is 0 Å². The molecule has 0 aliphatic heterocycles. The maximum absolute atomic E-state index is 12.4. The van der Waals surface area contributed by atoms with E-state index in [0.717, 1.165) is 12.1 Å². The molecular formula is C8H5BBrFO2. The van der Waals surface area contributed by atoms with Crippen LogP contribution in [0.5, 0.6) is 0 Å². The average Bonchev–Trinajstić information content (AvgIpc) is 2.03. The molecule has 0 heterocycles. The monoisotopic (exact) mass is 242 g/mol. The number of ketones is 1. The number of alkyl halides is 1. The largest absolute Gasteiger partial charge is 0.381 e. The van der Waals surface area contributed by atoms with E-state index in [1.807, 2.05) is 0 Å². The molecule has 13 heavy (non-hydrogen) atoms. The van der Waals surface area contributed by atoms with Crippen molar-refractivity contribution >= 4 is 29.6 Å². The minimum atomic E-state index is -2.09. The van der Waals surface area contributed by atoms with Gasteiger partial charge in [0.2, 0.25) is 0 Å². The smallest absolute Gasteiger partial charge is 0.195 e. The fourth-order valence-electron chi connectivity index (χ4n) is 0.804. The zero-order valence-electron chi connectivity index (χ0n) is 6.50. The summed E-state index contributed by atoms with van der Waals surface area (Å²) in [6.45, 7) is 0. The van der Waals surface area contributed by atoms with E-state index in [1.54, 1.807) is 0 Å². The van der Waals surface area contributed by atoms with Gasteiger partial charge in [0.1, 0.15) is 18.1 Å². The second-order valence-electron chi connectivity index (χ2n) is 2.51. The van der Waals surface area contributed by atoms with Crippen LogP contribution in [0.15, 0.2) is 24.3 Å². The van der Waals surface area contributed by atoms with E-state index in [1.165, 1.54) is 12.1 Å². The molecule has 0 bridgehead atoms. The minimum Gasteiger partial charge on any atom is -0.381 e. The standard InChI is InChI=1S/C8H5BBrFO2/c9-8(10,13)7(12)5-1-3-6(11)4-2-5/h1-4,13H. The Kier molecular flexibility index (Phi) is 2.88. The Hall–Kier alpha value is -0.675. The molecule has 0 spiro atoms. The highest BCUT2D eigenvalue weighted by molar-refractivity contribution is 9.10. The van der Waals surface area contributed by atoms with Crippen molar-refractivity contribution in [3.05, 3.63) is 35.6 Å². The van der Waals surface area contributed by atoms with E-state index in [9.17, 15) is 9.18 Å². The Labute approximate surface area is 84.3 Å². The van der Waals surface area contributed by atoms with E-state index >= 15 is 0 Å². The van der Waals surface area contributed by atoms with Crippen LogP contribution in [-0.2, 0) is 0 Å². The predicted molar refractivity (Wildman–Crippen MR) is 50.4 cm³/mol. The van der Waals surface area contributed by atoms with Gasteiger partial charge < -0.3 is 5.11 Å². The van der Waals surface area contributed by atoms with Gasteiger partial charge in [0, 0.05) is 5.56 Å². The third-order valence-corrected chi connectivity index (χ3v) is 1.78. The normalized spacial score (nSPS) is 15.0. The number of hydrogen-bond donors (Lipinski definition) is 1. The fourth-order valence-corrected chi connectivity index (χ4v) is 1.03. The minimum absolute atomic E-state index is 0.142. The van der Waals surface area contributed by atoms with Crippen molar-refractivity contribution < 1.29 is 14.3 Å². The molecule has 0 aliphatic carbocycles. The molecule has 1 atom stereocenters. The van der Waals surface area contributed by atoms with Crippen molar-refractivity contribution in [3.8, 4) is 0 Å². The summed E-state index contributed by atoms with van der Waals surface area (Å²) in [6.07, 6.45) is 0. The van der Waals surface area contributed by atoms with Gasteiger partial charge in [0.15, 0.2) is 5.78 Å². The molecule has 0 saturated heterocycles. The summed E-state index contributed by atoms with van der Waals surface area (Å²) in [6, 6.07) is 4.73. The molecule has 1 N–H and O–H groups in total. The molecule has 2 radical (unpaired) electrons. The van der Waals surface area contributed by atoms with E-state index in [0.29, 0.717) is 0 Å². The number of carbonyl (C=O) groups is 1. The first-order valence-corrected chi connectivity index (χ1v) is 4.21. The van der Waals surface area contributed by atoms with Crippen molar-refractivity contribution in [2.45, 2.75) is 4.41 Å². The number of carbonyl (C=O) groups excluding carboxylic acids is 1. The van der Waals surface area contributed by atoms with Gasteiger partial charge in [-0.15, -0.1) is 0 Å². The number of halogens is 2. The highest BCUT2D eigenvalue weighted by atomic mass is 79.9. The van der Waals surface area contributed by atoms with Crippen LogP contribution in [0.1, 0.15) is 10.4 Å². The second kappa shape index (κ2) is 3.60. The Morgan fingerprint density at radius 2 is 1.92 bits per heavy atom. The fraction of sp³-hybridized carbons (Fsp3) is 0.125. The Morgan fingerprint density at radius 3 is 2.31 bits per heavy atom. The number of aliphatic hydroxyl groups is 1. The summed E-state index contributed by atoms with van der Waals surface area (Å²) in [4.78, 5) is 11.2. The van der Waals surface area contributed by atoms with Crippen molar-refractivity contribution in [1.29, 1.82) is 0 Å². The highest BCUT2D eigenvalue weighted by Crippen LogP contribution is 2.16. The topological polar surface area (TPSA) is 37.3 Å². The van der Waals surface area contributed by atoms with Gasteiger partial charge in [-0.05, 0) is 24.3 Å². The molecule has 0 saturated carbocycles. The highest BCUT2D eigenvalue weighted by Gasteiger charge is 2.26. The maximum Gasteiger partial charge on any atom is 0.195 e. The van der Waals surface area contributed by atoms with Crippen LogP contribution < -0.4 is 0 Å². The van der Waals surface area contributed by atoms with Crippen molar-refractivity contribution in [2.75, 3.05) is 0 Å². The molecule has 1 aromatic rings. The van der Waals surface area contributed by atoms with Gasteiger partial charge in [-0.1, -0.05) is 15.9 Å². The van der Waals surface area contributed by atoms with Crippen LogP contribution in [-0.4, -0.2) is 23.1 Å². The Balaban J connectivity index is 2.97. The summed E-state index contributed by atoms with van der Waals surface area (Å²) < 4.78 is 10.3. The van der Waals surface area contributed by atoms with E-state index in [4.69, 9.17) is 13.0 Å². The van der Waals surface area contributed by atoms with Gasteiger partial charge in [0.05, 0.1) is 0 Å². The first-order chi connectivity index (χ1) is 5.91. The summed E-state index contributed by atoms with van der Waals surface area (Å²) in [5.74, 6) is -1.17. The second-order valence-corrected chi connectivity index (χ2v) is 3.72. The Bertz CT molecular complexity index is 318. The quantitative estimate of drug-likeness (QED) is 0.481. The summed E-state index contributed by atoms with van der Waals surface area (Å²) in [5.41, 5.74) is 0.142. The molecular weight excluding hydrogens is 238 g/mol. The van der Waals surface area contributed by atoms with Crippen LogP contribution in [0, 0.1) is 5.82 Å². The maximum atomic E-state index is 12.4. The number of benzene rings is 1. The third-order valence-electron chi connectivity index (χ3n) is 1.42. The van der Waals surface area contributed by atoms with E-state index in [-0.39, 0.29) is 5.56 Å². The molecule has 0 aromatic heterocycles. The third kappa shape index (κ3) is 2.64. The molecule has 0 fully saturated rings. The lowest BCUT2D eigenvalue weighted by Gasteiger charge is -2.13.